The highest BCUT2D eigenvalue weighted by Gasteiger charge is 2.45. The van der Waals surface area contributed by atoms with Crippen LogP contribution in [0.4, 0.5) is 0 Å². The minimum absolute atomic E-state index is 0.0579. The van der Waals surface area contributed by atoms with E-state index in [0.717, 1.165) is 6.42 Å². The van der Waals surface area contributed by atoms with E-state index in [-0.39, 0.29) is 5.92 Å². The molecule has 3 heteroatoms. The Morgan fingerprint density at radius 3 is 2.45 bits per heavy atom. The lowest BCUT2D eigenvalue weighted by atomic mass is 9.88. The molecule has 1 heterocycles. The molecule has 0 aromatic rings. The van der Waals surface area contributed by atoms with Crippen molar-refractivity contribution in [2.24, 2.45) is 5.92 Å². The monoisotopic (exact) mass is 158 g/mol. The van der Waals surface area contributed by atoms with E-state index in [1.54, 1.807) is 0 Å². The summed E-state index contributed by atoms with van der Waals surface area (Å²) in [5, 5.41) is 8.91. The van der Waals surface area contributed by atoms with Gasteiger partial charge in [-0.2, -0.15) is 0 Å². The molecule has 1 rings (SSSR count). The fraction of sp³-hybridized carbons (Fsp3) is 0.875. The first-order valence-electron chi connectivity index (χ1n) is 3.97. The summed E-state index contributed by atoms with van der Waals surface area (Å²) in [7, 11) is 0. The average Bonchev–Trinajstić information content (AvgIpc) is 2.34. The number of hydrogen-bond donors (Lipinski definition) is 1. The summed E-state index contributed by atoms with van der Waals surface area (Å²) < 4.78 is 5.26. The lowest BCUT2D eigenvalue weighted by Gasteiger charge is -2.27. The van der Waals surface area contributed by atoms with Crippen molar-refractivity contribution < 1.29 is 14.6 Å². The standard InChI is InChI=1S/C8H14O3/c1-6(2)8(7(9)10)4-3-5-11-8/h6H,3-5H2,1-2H3,(H,9,10). The molecule has 1 aliphatic rings. The first-order valence-corrected chi connectivity index (χ1v) is 3.97. The molecular weight excluding hydrogens is 144 g/mol. The minimum Gasteiger partial charge on any atom is -0.479 e. The van der Waals surface area contributed by atoms with Crippen LogP contribution in [-0.2, 0) is 9.53 Å². The van der Waals surface area contributed by atoms with Gasteiger partial charge in [0.1, 0.15) is 0 Å². The van der Waals surface area contributed by atoms with Gasteiger partial charge in [0.25, 0.3) is 0 Å². The van der Waals surface area contributed by atoms with E-state index in [2.05, 4.69) is 0 Å². The molecule has 1 fully saturated rings. The van der Waals surface area contributed by atoms with Gasteiger partial charge in [0, 0.05) is 6.61 Å². The Bertz CT molecular complexity index is 157. The SMILES string of the molecule is CC(C)C1(C(=O)O)CCCO1. The van der Waals surface area contributed by atoms with Crippen molar-refractivity contribution in [3.05, 3.63) is 0 Å². The molecule has 3 nitrogen and oxygen atoms in total. The van der Waals surface area contributed by atoms with Crippen LogP contribution in [0, 0.1) is 5.92 Å². The van der Waals surface area contributed by atoms with E-state index >= 15 is 0 Å². The Kier molecular flexibility index (Phi) is 2.18. The number of rotatable bonds is 2. The van der Waals surface area contributed by atoms with Gasteiger partial charge in [-0.25, -0.2) is 4.79 Å². The average molecular weight is 158 g/mol. The Morgan fingerprint density at radius 1 is 1.64 bits per heavy atom. The van der Waals surface area contributed by atoms with Gasteiger partial charge in [0.15, 0.2) is 5.60 Å². The number of carbonyl (C=O) groups is 1. The van der Waals surface area contributed by atoms with Crippen LogP contribution in [-0.4, -0.2) is 23.3 Å². The molecule has 1 N–H and O–H groups in total. The Morgan fingerprint density at radius 2 is 2.27 bits per heavy atom. The fourth-order valence-electron chi connectivity index (χ4n) is 1.53. The van der Waals surface area contributed by atoms with E-state index in [9.17, 15) is 4.79 Å². The van der Waals surface area contributed by atoms with Crippen molar-refractivity contribution >= 4 is 5.97 Å². The number of ether oxygens (including phenoxy) is 1. The van der Waals surface area contributed by atoms with Gasteiger partial charge in [0.05, 0.1) is 0 Å². The molecule has 0 spiro atoms. The molecule has 0 bridgehead atoms. The molecule has 1 saturated heterocycles. The molecule has 1 aliphatic heterocycles. The highest BCUT2D eigenvalue weighted by molar-refractivity contribution is 5.78. The summed E-state index contributed by atoms with van der Waals surface area (Å²) in [6, 6.07) is 0. The zero-order valence-corrected chi connectivity index (χ0v) is 6.96. The van der Waals surface area contributed by atoms with Crippen molar-refractivity contribution in [3.63, 3.8) is 0 Å². The van der Waals surface area contributed by atoms with Crippen LogP contribution < -0.4 is 0 Å². The van der Waals surface area contributed by atoms with Crippen molar-refractivity contribution in [2.45, 2.75) is 32.3 Å². The summed E-state index contributed by atoms with van der Waals surface area (Å²) in [5.74, 6) is -0.757. The molecule has 0 saturated carbocycles. The van der Waals surface area contributed by atoms with Crippen LogP contribution in [0.25, 0.3) is 0 Å². The maximum Gasteiger partial charge on any atom is 0.336 e. The summed E-state index contributed by atoms with van der Waals surface area (Å²) >= 11 is 0. The summed E-state index contributed by atoms with van der Waals surface area (Å²) in [5.41, 5.74) is -0.889. The summed E-state index contributed by atoms with van der Waals surface area (Å²) in [6.45, 7) is 4.36. The van der Waals surface area contributed by atoms with Crippen LogP contribution in [0.15, 0.2) is 0 Å². The normalized spacial score (nSPS) is 31.2. The maximum absolute atomic E-state index is 10.8. The third-order valence-electron chi connectivity index (χ3n) is 2.35. The van der Waals surface area contributed by atoms with E-state index in [4.69, 9.17) is 9.84 Å². The zero-order chi connectivity index (χ0) is 8.48. The first kappa shape index (κ1) is 8.53. The second kappa shape index (κ2) is 2.81. The van der Waals surface area contributed by atoms with Gasteiger partial charge in [-0.1, -0.05) is 13.8 Å². The molecule has 0 radical (unpaired) electrons. The van der Waals surface area contributed by atoms with Gasteiger partial charge in [-0.15, -0.1) is 0 Å². The maximum atomic E-state index is 10.8. The van der Waals surface area contributed by atoms with Crippen molar-refractivity contribution in [1.29, 1.82) is 0 Å². The quantitative estimate of drug-likeness (QED) is 0.658. The number of carboxylic acid groups (broad SMARTS) is 1. The molecule has 0 aliphatic carbocycles. The molecule has 11 heavy (non-hydrogen) atoms. The van der Waals surface area contributed by atoms with Crippen LogP contribution >= 0.6 is 0 Å². The predicted molar refractivity (Wildman–Crippen MR) is 40.4 cm³/mol. The van der Waals surface area contributed by atoms with Crippen molar-refractivity contribution in [3.8, 4) is 0 Å². The topological polar surface area (TPSA) is 46.5 Å². The molecule has 0 amide bonds. The van der Waals surface area contributed by atoms with Gasteiger partial charge in [0.2, 0.25) is 0 Å². The van der Waals surface area contributed by atoms with Crippen molar-refractivity contribution in [2.75, 3.05) is 6.61 Å². The van der Waals surface area contributed by atoms with Crippen LogP contribution in [0.5, 0.6) is 0 Å². The molecule has 64 valence electrons. The molecular formula is C8H14O3. The molecule has 1 atom stereocenters. The van der Waals surface area contributed by atoms with Crippen molar-refractivity contribution in [1.82, 2.24) is 0 Å². The third-order valence-corrected chi connectivity index (χ3v) is 2.35. The molecule has 0 aromatic carbocycles. The second-order valence-corrected chi connectivity index (χ2v) is 3.30. The van der Waals surface area contributed by atoms with E-state index in [1.165, 1.54) is 0 Å². The lowest BCUT2D eigenvalue weighted by Crippen LogP contribution is -2.42. The van der Waals surface area contributed by atoms with Crippen LogP contribution in [0.1, 0.15) is 26.7 Å². The van der Waals surface area contributed by atoms with E-state index in [0.29, 0.717) is 13.0 Å². The predicted octanol–water partition coefficient (Wildman–Crippen LogP) is 1.28. The third kappa shape index (κ3) is 1.25. The van der Waals surface area contributed by atoms with Crippen LogP contribution in [0.3, 0.4) is 0 Å². The highest BCUT2D eigenvalue weighted by atomic mass is 16.5. The molecule has 1 unspecified atom stereocenters. The Balaban J connectivity index is 2.79. The Hall–Kier alpha value is -0.570. The highest BCUT2D eigenvalue weighted by Crippen LogP contribution is 2.32. The fourth-order valence-corrected chi connectivity index (χ4v) is 1.53. The van der Waals surface area contributed by atoms with E-state index in [1.807, 2.05) is 13.8 Å². The zero-order valence-electron chi connectivity index (χ0n) is 6.96. The van der Waals surface area contributed by atoms with Gasteiger partial charge in [-0.3, -0.25) is 0 Å². The number of aliphatic carboxylic acids is 1. The number of carboxylic acids is 1. The Labute approximate surface area is 66.4 Å². The number of hydrogen-bond acceptors (Lipinski definition) is 2. The van der Waals surface area contributed by atoms with Gasteiger partial charge in [-0.05, 0) is 18.8 Å². The summed E-state index contributed by atoms with van der Waals surface area (Å²) in [4.78, 5) is 10.8. The first-order chi connectivity index (χ1) is 5.09. The minimum atomic E-state index is -0.889. The van der Waals surface area contributed by atoms with Gasteiger partial charge >= 0.3 is 5.97 Å². The lowest BCUT2D eigenvalue weighted by molar-refractivity contribution is -0.165. The van der Waals surface area contributed by atoms with Gasteiger partial charge < -0.3 is 9.84 Å². The van der Waals surface area contributed by atoms with E-state index < -0.39 is 11.6 Å². The summed E-state index contributed by atoms with van der Waals surface area (Å²) in [6.07, 6.45) is 1.52. The largest absolute Gasteiger partial charge is 0.479 e. The molecule has 0 aromatic heterocycles. The second-order valence-electron chi connectivity index (χ2n) is 3.30. The smallest absolute Gasteiger partial charge is 0.336 e. The van der Waals surface area contributed by atoms with Crippen LogP contribution in [0.2, 0.25) is 0 Å².